The van der Waals surface area contributed by atoms with E-state index in [0.29, 0.717) is 5.92 Å². The molecule has 0 unspecified atom stereocenters. The molecule has 7 heteroatoms. The lowest BCUT2D eigenvalue weighted by Crippen LogP contribution is -2.41. The summed E-state index contributed by atoms with van der Waals surface area (Å²) in [6, 6.07) is 0. The number of nitrogens with zero attached hydrogens (tertiary/aromatic N) is 3. The average molecular weight is 381 g/mol. The van der Waals surface area contributed by atoms with Crippen LogP contribution < -0.4 is 10.6 Å². The summed E-state index contributed by atoms with van der Waals surface area (Å²) >= 11 is 1.71. The Hall–Kier alpha value is -0.440. The number of hydrogen-bond donors (Lipinski definition) is 2. The van der Waals surface area contributed by atoms with Gasteiger partial charge < -0.3 is 10.6 Å². The molecule has 0 radical (unpaired) electrons. The van der Waals surface area contributed by atoms with Crippen molar-refractivity contribution in [3.05, 3.63) is 10.0 Å². The number of guanidine groups is 1. The minimum atomic E-state index is 0. The number of aliphatic imine (C=N–C) groups is 1. The van der Waals surface area contributed by atoms with Crippen LogP contribution in [0.4, 0.5) is 0 Å². The summed E-state index contributed by atoms with van der Waals surface area (Å²) in [6.45, 7) is 7.08. The molecule has 0 fully saturated rings. The van der Waals surface area contributed by atoms with Gasteiger partial charge in [-0.1, -0.05) is 13.8 Å². The molecular formula is C11H20IN5S. The molecule has 0 bridgehead atoms. The second kappa shape index (κ2) is 7.88. The third-order valence-corrected chi connectivity index (χ3v) is 3.79. The van der Waals surface area contributed by atoms with Crippen molar-refractivity contribution in [3.63, 3.8) is 0 Å². The molecule has 1 aliphatic heterocycles. The Morgan fingerprint density at radius 1 is 1.39 bits per heavy atom. The minimum Gasteiger partial charge on any atom is -0.356 e. The molecule has 0 aromatic carbocycles. The second-order valence-electron chi connectivity index (χ2n) is 4.38. The minimum absolute atomic E-state index is 0. The summed E-state index contributed by atoms with van der Waals surface area (Å²) in [5.74, 6) is 1.39. The van der Waals surface area contributed by atoms with Gasteiger partial charge in [-0.3, -0.25) is 4.99 Å². The largest absolute Gasteiger partial charge is 0.356 e. The van der Waals surface area contributed by atoms with Gasteiger partial charge >= 0.3 is 0 Å². The van der Waals surface area contributed by atoms with Crippen LogP contribution in [0, 0.1) is 0 Å². The zero-order valence-corrected chi connectivity index (χ0v) is 13.9. The smallest absolute Gasteiger partial charge is 0.191 e. The van der Waals surface area contributed by atoms with Gasteiger partial charge in [-0.25, -0.2) is 0 Å². The van der Waals surface area contributed by atoms with Crippen LogP contribution in [0.15, 0.2) is 4.99 Å². The number of hydrogen-bond acceptors (Lipinski definition) is 6. The van der Waals surface area contributed by atoms with E-state index in [9.17, 15) is 0 Å². The van der Waals surface area contributed by atoms with Gasteiger partial charge in [-0.05, 0) is 6.42 Å². The van der Waals surface area contributed by atoms with Gasteiger partial charge in [-0.15, -0.1) is 45.5 Å². The van der Waals surface area contributed by atoms with Gasteiger partial charge in [0.2, 0.25) is 0 Å². The summed E-state index contributed by atoms with van der Waals surface area (Å²) < 4.78 is 0. The molecule has 102 valence electrons. The quantitative estimate of drug-likeness (QED) is 0.781. The molecule has 18 heavy (non-hydrogen) atoms. The van der Waals surface area contributed by atoms with E-state index >= 15 is 0 Å². The topological polar surface area (TPSA) is 62.2 Å². The fraction of sp³-hybridized carbons (Fsp3) is 0.727. The van der Waals surface area contributed by atoms with Crippen molar-refractivity contribution in [1.29, 1.82) is 0 Å². The van der Waals surface area contributed by atoms with Crippen LogP contribution in [0.3, 0.4) is 0 Å². The van der Waals surface area contributed by atoms with Crippen LogP contribution in [-0.2, 0) is 6.42 Å². The number of aromatic nitrogens is 2. The Kier molecular flexibility index (Phi) is 6.83. The van der Waals surface area contributed by atoms with Crippen molar-refractivity contribution < 1.29 is 0 Å². The Labute approximate surface area is 129 Å². The van der Waals surface area contributed by atoms with E-state index < -0.39 is 0 Å². The van der Waals surface area contributed by atoms with Crippen LogP contribution in [0.5, 0.6) is 0 Å². The van der Waals surface area contributed by atoms with Crippen molar-refractivity contribution in [2.75, 3.05) is 19.6 Å². The maximum atomic E-state index is 4.36. The lowest BCUT2D eigenvalue weighted by atomic mass is 10.2. The van der Waals surface area contributed by atoms with Gasteiger partial charge in [0.25, 0.3) is 0 Å². The highest BCUT2D eigenvalue weighted by molar-refractivity contribution is 14.0. The molecule has 1 aliphatic rings. The summed E-state index contributed by atoms with van der Waals surface area (Å²) in [5, 5.41) is 17.1. The van der Waals surface area contributed by atoms with Gasteiger partial charge in [0.1, 0.15) is 10.0 Å². The maximum Gasteiger partial charge on any atom is 0.191 e. The number of halogens is 1. The molecule has 0 saturated heterocycles. The highest BCUT2D eigenvalue weighted by atomic mass is 127. The van der Waals surface area contributed by atoms with E-state index in [1.54, 1.807) is 11.3 Å². The van der Waals surface area contributed by atoms with Crippen molar-refractivity contribution in [2.24, 2.45) is 4.99 Å². The first-order valence-electron chi connectivity index (χ1n) is 6.10. The van der Waals surface area contributed by atoms with Crippen molar-refractivity contribution in [1.82, 2.24) is 20.8 Å². The first kappa shape index (κ1) is 15.6. The fourth-order valence-corrected chi connectivity index (χ4v) is 2.38. The summed E-state index contributed by atoms with van der Waals surface area (Å²) in [4.78, 5) is 4.36. The Bertz CT molecular complexity index is 391. The van der Waals surface area contributed by atoms with E-state index in [2.05, 4.69) is 39.7 Å². The molecule has 2 heterocycles. The van der Waals surface area contributed by atoms with E-state index in [-0.39, 0.29) is 24.0 Å². The third kappa shape index (κ3) is 4.68. The zero-order chi connectivity index (χ0) is 12.1. The highest BCUT2D eigenvalue weighted by Crippen LogP contribution is 2.18. The van der Waals surface area contributed by atoms with Crippen LogP contribution in [-0.4, -0.2) is 35.8 Å². The SMILES string of the molecule is CC(C)c1nnc(CCNC2=NCCCN2)s1.I. The monoisotopic (exact) mass is 381 g/mol. The standard InChI is InChI=1S/C11H19N5S.HI/c1-8(2)10-16-15-9(17-10)4-7-14-11-12-5-3-6-13-11;/h8H,3-7H2,1-2H3,(H2,12,13,14);1H. The lowest BCUT2D eigenvalue weighted by Gasteiger charge is -2.15. The Morgan fingerprint density at radius 3 is 2.83 bits per heavy atom. The third-order valence-electron chi connectivity index (χ3n) is 2.50. The maximum absolute atomic E-state index is 4.36. The molecule has 2 N–H and O–H groups in total. The molecule has 0 spiro atoms. The number of rotatable bonds is 4. The van der Waals surface area contributed by atoms with Crippen LogP contribution in [0.2, 0.25) is 0 Å². The van der Waals surface area contributed by atoms with Crippen molar-refractivity contribution in [3.8, 4) is 0 Å². The van der Waals surface area contributed by atoms with E-state index in [0.717, 1.165) is 48.5 Å². The lowest BCUT2D eigenvalue weighted by molar-refractivity contribution is 0.698. The predicted molar refractivity (Wildman–Crippen MR) is 86.0 cm³/mol. The van der Waals surface area contributed by atoms with Gasteiger partial charge in [0, 0.05) is 32.0 Å². The van der Waals surface area contributed by atoms with Gasteiger partial charge in [0.05, 0.1) is 0 Å². The molecule has 0 amide bonds. The van der Waals surface area contributed by atoms with Crippen molar-refractivity contribution in [2.45, 2.75) is 32.6 Å². The van der Waals surface area contributed by atoms with Gasteiger partial charge in [-0.2, -0.15) is 0 Å². The first-order chi connectivity index (χ1) is 8.25. The average Bonchev–Trinajstić information content (AvgIpc) is 2.79. The fourth-order valence-electron chi connectivity index (χ4n) is 1.54. The summed E-state index contributed by atoms with van der Waals surface area (Å²) in [5.41, 5.74) is 0. The molecule has 1 aromatic rings. The first-order valence-corrected chi connectivity index (χ1v) is 6.92. The molecule has 2 rings (SSSR count). The van der Waals surface area contributed by atoms with E-state index in [1.807, 2.05) is 0 Å². The van der Waals surface area contributed by atoms with E-state index in [1.165, 1.54) is 0 Å². The normalized spacial score (nSPS) is 14.7. The highest BCUT2D eigenvalue weighted by Gasteiger charge is 2.08. The predicted octanol–water partition coefficient (Wildman–Crippen LogP) is 1.76. The molecule has 1 aromatic heterocycles. The van der Waals surface area contributed by atoms with Gasteiger partial charge in [0.15, 0.2) is 5.96 Å². The second-order valence-corrected chi connectivity index (χ2v) is 5.47. The van der Waals surface area contributed by atoms with Crippen molar-refractivity contribution >= 4 is 41.3 Å². The van der Waals surface area contributed by atoms with Crippen LogP contribution >= 0.6 is 35.3 Å². The Balaban J connectivity index is 0.00000162. The van der Waals surface area contributed by atoms with E-state index in [4.69, 9.17) is 0 Å². The summed E-state index contributed by atoms with van der Waals surface area (Å²) in [6.07, 6.45) is 2.03. The Morgan fingerprint density at radius 2 is 2.22 bits per heavy atom. The zero-order valence-electron chi connectivity index (χ0n) is 10.8. The number of nitrogens with one attached hydrogen (secondary N) is 2. The molecule has 5 nitrogen and oxygen atoms in total. The molecule has 0 saturated carbocycles. The van der Waals surface area contributed by atoms with Crippen LogP contribution in [0.25, 0.3) is 0 Å². The molecule has 0 atom stereocenters. The van der Waals surface area contributed by atoms with Crippen LogP contribution in [0.1, 0.15) is 36.2 Å². The molecule has 0 aliphatic carbocycles. The summed E-state index contributed by atoms with van der Waals surface area (Å²) in [7, 11) is 0. The molecular weight excluding hydrogens is 361 g/mol.